The Morgan fingerprint density at radius 1 is 1.26 bits per heavy atom. The molecule has 1 fully saturated rings. The molecule has 0 amide bonds. The van der Waals surface area contributed by atoms with Crippen LogP contribution in [0.15, 0.2) is 24.3 Å². The maximum absolute atomic E-state index is 11.2. The highest BCUT2D eigenvalue weighted by Gasteiger charge is 2.30. The highest BCUT2D eigenvalue weighted by molar-refractivity contribution is 6.30. The molecule has 1 aliphatic rings. The number of nitrogens with one attached hydrogen (secondary N) is 1. The molecule has 2 N–H and O–H groups in total. The largest absolute Gasteiger partial charge is 0.481 e. The van der Waals surface area contributed by atoms with Gasteiger partial charge < -0.3 is 10.4 Å². The van der Waals surface area contributed by atoms with Crippen molar-refractivity contribution >= 4 is 30.0 Å². The van der Waals surface area contributed by atoms with Gasteiger partial charge >= 0.3 is 5.97 Å². The van der Waals surface area contributed by atoms with Crippen LogP contribution >= 0.6 is 24.0 Å². The highest BCUT2D eigenvalue weighted by Crippen LogP contribution is 2.25. The molecule has 0 heterocycles. The maximum Gasteiger partial charge on any atom is 0.308 e. The smallest absolute Gasteiger partial charge is 0.308 e. The van der Waals surface area contributed by atoms with Gasteiger partial charge in [0.1, 0.15) is 0 Å². The van der Waals surface area contributed by atoms with Crippen LogP contribution in [-0.4, -0.2) is 17.1 Å². The topological polar surface area (TPSA) is 49.3 Å². The quantitative estimate of drug-likeness (QED) is 0.895. The van der Waals surface area contributed by atoms with Crippen LogP contribution in [0.1, 0.15) is 31.2 Å². The molecular formula is C14H19Cl2NO2. The standard InChI is InChI=1S/C14H18ClNO2.ClH/c15-11-7-5-10(6-8-11)9-16-13-4-2-1-3-12(13)14(17)18;/h5-8,12-13,16H,1-4,9H2,(H,17,18);1H. The summed E-state index contributed by atoms with van der Waals surface area (Å²) < 4.78 is 0. The molecule has 0 bridgehead atoms. The van der Waals surface area contributed by atoms with Crippen LogP contribution in [0, 0.1) is 5.92 Å². The summed E-state index contributed by atoms with van der Waals surface area (Å²) in [6.45, 7) is 0.700. The second kappa shape index (κ2) is 7.73. The first-order chi connectivity index (χ1) is 8.66. The van der Waals surface area contributed by atoms with Gasteiger partial charge in [-0.05, 0) is 30.5 Å². The first-order valence-corrected chi connectivity index (χ1v) is 6.75. The monoisotopic (exact) mass is 303 g/mol. The fourth-order valence-electron chi connectivity index (χ4n) is 2.52. The molecule has 5 heteroatoms. The Labute approximate surface area is 124 Å². The minimum atomic E-state index is -0.677. The van der Waals surface area contributed by atoms with Crippen molar-refractivity contribution in [1.29, 1.82) is 0 Å². The van der Waals surface area contributed by atoms with Gasteiger partial charge in [0.05, 0.1) is 5.92 Å². The molecule has 1 saturated carbocycles. The highest BCUT2D eigenvalue weighted by atomic mass is 35.5. The average molecular weight is 304 g/mol. The Hall–Kier alpha value is -0.770. The van der Waals surface area contributed by atoms with Crippen LogP contribution in [0.2, 0.25) is 5.02 Å². The summed E-state index contributed by atoms with van der Waals surface area (Å²) in [5.41, 5.74) is 1.13. The van der Waals surface area contributed by atoms with Crippen molar-refractivity contribution in [3.63, 3.8) is 0 Å². The molecule has 1 aromatic carbocycles. The molecule has 0 aromatic heterocycles. The van der Waals surface area contributed by atoms with Gasteiger partial charge in [-0.1, -0.05) is 36.6 Å². The summed E-state index contributed by atoms with van der Waals surface area (Å²) in [7, 11) is 0. The number of carboxylic acids is 1. The summed E-state index contributed by atoms with van der Waals surface area (Å²) in [6, 6.07) is 7.73. The molecule has 1 aromatic rings. The van der Waals surface area contributed by atoms with Crippen molar-refractivity contribution in [1.82, 2.24) is 5.32 Å². The Balaban J connectivity index is 0.00000180. The number of carbonyl (C=O) groups is 1. The fourth-order valence-corrected chi connectivity index (χ4v) is 2.65. The minimum absolute atomic E-state index is 0. The molecule has 3 nitrogen and oxygen atoms in total. The van der Waals surface area contributed by atoms with Crippen molar-refractivity contribution < 1.29 is 9.90 Å². The van der Waals surface area contributed by atoms with Gasteiger partial charge in [-0.25, -0.2) is 0 Å². The number of hydrogen-bond donors (Lipinski definition) is 2. The van der Waals surface area contributed by atoms with Gasteiger partial charge in [-0.2, -0.15) is 0 Å². The Kier molecular flexibility index (Phi) is 6.63. The second-order valence-electron chi connectivity index (χ2n) is 4.84. The number of hydrogen-bond acceptors (Lipinski definition) is 2. The van der Waals surface area contributed by atoms with Crippen molar-refractivity contribution in [3.8, 4) is 0 Å². The zero-order valence-electron chi connectivity index (χ0n) is 10.6. The van der Waals surface area contributed by atoms with E-state index in [1.54, 1.807) is 0 Å². The zero-order valence-corrected chi connectivity index (χ0v) is 12.2. The van der Waals surface area contributed by atoms with E-state index in [9.17, 15) is 9.90 Å². The Bertz CT molecular complexity index is 408. The summed E-state index contributed by atoms with van der Waals surface area (Å²) in [5.74, 6) is -0.922. The first-order valence-electron chi connectivity index (χ1n) is 6.37. The molecule has 0 aliphatic heterocycles. The van der Waals surface area contributed by atoms with Gasteiger partial charge in [0.25, 0.3) is 0 Å². The lowest BCUT2D eigenvalue weighted by atomic mass is 9.84. The third kappa shape index (κ3) is 4.68. The average Bonchev–Trinajstić information content (AvgIpc) is 2.38. The molecule has 0 spiro atoms. The lowest BCUT2D eigenvalue weighted by molar-refractivity contribution is -0.143. The number of halogens is 2. The Morgan fingerprint density at radius 2 is 1.89 bits per heavy atom. The SMILES string of the molecule is Cl.O=C(O)C1CCCCC1NCc1ccc(Cl)cc1. The van der Waals surface area contributed by atoms with Gasteiger partial charge in [-0.3, -0.25) is 4.79 Å². The molecule has 2 unspecified atom stereocenters. The third-order valence-electron chi connectivity index (χ3n) is 3.56. The maximum atomic E-state index is 11.2. The molecular weight excluding hydrogens is 285 g/mol. The van der Waals surface area contributed by atoms with E-state index in [1.165, 1.54) is 0 Å². The van der Waals surface area contributed by atoms with Crippen LogP contribution in [0.25, 0.3) is 0 Å². The molecule has 2 atom stereocenters. The molecule has 2 rings (SSSR count). The Morgan fingerprint density at radius 3 is 2.53 bits per heavy atom. The van der Waals surface area contributed by atoms with Gasteiger partial charge in [-0.15, -0.1) is 12.4 Å². The van der Waals surface area contributed by atoms with Gasteiger partial charge in [0.2, 0.25) is 0 Å². The van der Waals surface area contributed by atoms with E-state index in [2.05, 4.69) is 5.32 Å². The van der Waals surface area contributed by atoms with E-state index < -0.39 is 5.97 Å². The number of rotatable bonds is 4. The van der Waals surface area contributed by atoms with E-state index >= 15 is 0 Å². The lowest BCUT2D eigenvalue weighted by Crippen LogP contribution is -2.41. The van der Waals surface area contributed by atoms with E-state index in [4.69, 9.17) is 11.6 Å². The third-order valence-corrected chi connectivity index (χ3v) is 3.82. The first kappa shape index (κ1) is 16.3. The van der Waals surface area contributed by atoms with E-state index in [0.29, 0.717) is 6.54 Å². The van der Waals surface area contributed by atoms with Gasteiger partial charge in [0, 0.05) is 17.6 Å². The van der Waals surface area contributed by atoms with Crippen molar-refractivity contribution in [2.45, 2.75) is 38.3 Å². The number of benzene rings is 1. The van der Waals surface area contributed by atoms with Crippen LogP contribution < -0.4 is 5.32 Å². The summed E-state index contributed by atoms with van der Waals surface area (Å²) in [6.07, 6.45) is 3.87. The summed E-state index contributed by atoms with van der Waals surface area (Å²) in [5, 5.41) is 13.3. The zero-order chi connectivity index (χ0) is 13.0. The van der Waals surface area contributed by atoms with E-state index in [1.807, 2.05) is 24.3 Å². The summed E-state index contributed by atoms with van der Waals surface area (Å²) >= 11 is 5.83. The van der Waals surface area contributed by atoms with Crippen LogP contribution in [0.3, 0.4) is 0 Å². The molecule has 1 aliphatic carbocycles. The lowest BCUT2D eigenvalue weighted by Gasteiger charge is -2.29. The predicted molar refractivity (Wildman–Crippen MR) is 78.9 cm³/mol. The molecule has 0 saturated heterocycles. The van der Waals surface area contributed by atoms with Crippen LogP contribution in [0.5, 0.6) is 0 Å². The second-order valence-corrected chi connectivity index (χ2v) is 5.28. The molecule has 106 valence electrons. The molecule has 19 heavy (non-hydrogen) atoms. The number of carboxylic acid groups (broad SMARTS) is 1. The van der Waals surface area contributed by atoms with Crippen molar-refractivity contribution in [2.75, 3.05) is 0 Å². The van der Waals surface area contributed by atoms with Crippen LogP contribution in [0.4, 0.5) is 0 Å². The summed E-state index contributed by atoms with van der Waals surface area (Å²) in [4.78, 5) is 11.2. The normalized spacial score (nSPS) is 22.6. The molecule has 0 radical (unpaired) electrons. The van der Waals surface area contributed by atoms with E-state index in [-0.39, 0.29) is 24.4 Å². The number of aliphatic carboxylic acids is 1. The predicted octanol–water partition coefficient (Wildman–Crippen LogP) is 3.49. The van der Waals surface area contributed by atoms with E-state index in [0.717, 1.165) is 36.3 Å². The van der Waals surface area contributed by atoms with Crippen LogP contribution in [-0.2, 0) is 11.3 Å². The van der Waals surface area contributed by atoms with Crippen molar-refractivity contribution in [2.24, 2.45) is 5.92 Å². The minimum Gasteiger partial charge on any atom is -0.481 e. The van der Waals surface area contributed by atoms with Crippen molar-refractivity contribution in [3.05, 3.63) is 34.9 Å². The fraction of sp³-hybridized carbons (Fsp3) is 0.500. The van der Waals surface area contributed by atoms with Gasteiger partial charge in [0.15, 0.2) is 0 Å².